The van der Waals surface area contributed by atoms with Crippen LogP contribution in [0.3, 0.4) is 0 Å². The molecule has 33 heavy (non-hydrogen) atoms. The van der Waals surface area contributed by atoms with Crippen LogP contribution in [0.2, 0.25) is 0 Å². The van der Waals surface area contributed by atoms with Crippen LogP contribution in [0.15, 0.2) is 36.7 Å². The van der Waals surface area contributed by atoms with Gasteiger partial charge in [-0.05, 0) is 24.8 Å². The first-order valence-corrected chi connectivity index (χ1v) is 12.9. The molecule has 2 atom stereocenters. The zero-order valence-corrected chi connectivity index (χ0v) is 20.6. The lowest BCUT2D eigenvalue weighted by atomic mass is 10.0. The minimum absolute atomic E-state index is 0.138. The Hall–Kier alpha value is -2.04. The van der Waals surface area contributed by atoms with E-state index in [4.69, 9.17) is 4.74 Å². The standard InChI is InChI=1S/C28H42F2N2O/c1-3-5-6-7-8-9-10-11-12-13-14-23-15-17-24(18-16-23)28-31-20-27(21-32-28)33-22-26(30)19-25(29)4-2/h15-18,20-21,25-26H,3-14,19,22H2,1-2H3. The summed E-state index contributed by atoms with van der Waals surface area (Å²) in [7, 11) is 0. The summed E-state index contributed by atoms with van der Waals surface area (Å²) in [6.07, 6.45) is 15.4. The van der Waals surface area contributed by atoms with Crippen LogP contribution in [-0.2, 0) is 6.42 Å². The van der Waals surface area contributed by atoms with Gasteiger partial charge < -0.3 is 4.74 Å². The van der Waals surface area contributed by atoms with Gasteiger partial charge in [0.1, 0.15) is 19.0 Å². The molecule has 0 aliphatic heterocycles. The largest absolute Gasteiger partial charge is 0.487 e. The van der Waals surface area contributed by atoms with Gasteiger partial charge in [0.15, 0.2) is 11.6 Å². The molecule has 1 aromatic carbocycles. The van der Waals surface area contributed by atoms with E-state index < -0.39 is 12.3 Å². The second-order valence-corrected chi connectivity index (χ2v) is 9.02. The Morgan fingerprint density at radius 1 is 0.758 bits per heavy atom. The highest BCUT2D eigenvalue weighted by Gasteiger charge is 2.14. The Morgan fingerprint density at radius 2 is 1.33 bits per heavy atom. The van der Waals surface area contributed by atoms with Crippen LogP contribution >= 0.6 is 0 Å². The van der Waals surface area contributed by atoms with Crippen molar-refractivity contribution in [1.82, 2.24) is 9.97 Å². The molecule has 0 saturated heterocycles. The average molecular weight is 461 g/mol. The van der Waals surface area contributed by atoms with Gasteiger partial charge in [-0.15, -0.1) is 0 Å². The first-order valence-electron chi connectivity index (χ1n) is 12.9. The number of hydrogen-bond donors (Lipinski definition) is 0. The van der Waals surface area contributed by atoms with Crippen molar-refractivity contribution < 1.29 is 13.5 Å². The van der Waals surface area contributed by atoms with E-state index in [1.165, 1.54) is 69.8 Å². The number of aryl methyl sites for hydroxylation is 1. The van der Waals surface area contributed by atoms with Crippen molar-refractivity contribution in [3.05, 3.63) is 42.2 Å². The van der Waals surface area contributed by atoms with Crippen molar-refractivity contribution in [1.29, 1.82) is 0 Å². The summed E-state index contributed by atoms with van der Waals surface area (Å²) in [6, 6.07) is 8.38. The predicted molar refractivity (Wildman–Crippen MR) is 133 cm³/mol. The number of benzene rings is 1. The van der Waals surface area contributed by atoms with Crippen LogP contribution < -0.4 is 4.74 Å². The van der Waals surface area contributed by atoms with Crippen molar-refractivity contribution in [2.45, 2.75) is 110 Å². The highest BCUT2D eigenvalue weighted by atomic mass is 19.1. The van der Waals surface area contributed by atoms with Crippen molar-refractivity contribution in [2.24, 2.45) is 0 Å². The van der Waals surface area contributed by atoms with Crippen LogP contribution in [0.1, 0.15) is 96.5 Å². The Labute approximate surface area is 199 Å². The molecule has 0 saturated carbocycles. The van der Waals surface area contributed by atoms with E-state index in [0.29, 0.717) is 18.0 Å². The fraction of sp³-hybridized carbons (Fsp3) is 0.643. The number of aromatic nitrogens is 2. The molecule has 0 spiro atoms. The van der Waals surface area contributed by atoms with Gasteiger partial charge in [0.05, 0.1) is 12.4 Å². The second kappa shape index (κ2) is 16.6. The van der Waals surface area contributed by atoms with Gasteiger partial charge in [0.2, 0.25) is 0 Å². The van der Waals surface area contributed by atoms with Crippen molar-refractivity contribution in [3.8, 4) is 17.1 Å². The molecule has 0 aliphatic carbocycles. The van der Waals surface area contributed by atoms with Crippen LogP contribution in [0.4, 0.5) is 8.78 Å². The first-order chi connectivity index (χ1) is 16.1. The van der Waals surface area contributed by atoms with Gasteiger partial charge in [-0.1, -0.05) is 95.9 Å². The lowest BCUT2D eigenvalue weighted by molar-refractivity contribution is 0.149. The number of ether oxygens (including phenoxy) is 1. The van der Waals surface area contributed by atoms with E-state index >= 15 is 0 Å². The maximum absolute atomic E-state index is 13.7. The Morgan fingerprint density at radius 3 is 1.91 bits per heavy atom. The van der Waals surface area contributed by atoms with E-state index in [1.807, 2.05) is 12.1 Å². The van der Waals surface area contributed by atoms with Crippen molar-refractivity contribution in [3.63, 3.8) is 0 Å². The quantitative estimate of drug-likeness (QED) is 0.209. The lowest BCUT2D eigenvalue weighted by Gasteiger charge is -2.12. The molecule has 2 unspecified atom stereocenters. The van der Waals surface area contributed by atoms with E-state index in [9.17, 15) is 8.78 Å². The smallest absolute Gasteiger partial charge is 0.159 e. The molecule has 0 aliphatic rings. The molecular weight excluding hydrogens is 418 g/mol. The zero-order chi connectivity index (χ0) is 23.7. The molecule has 2 rings (SSSR count). The molecule has 0 amide bonds. The predicted octanol–water partition coefficient (Wildman–Crippen LogP) is 8.46. The Kier molecular flexibility index (Phi) is 13.6. The lowest BCUT2D eigenvalue weighted by Crippen LogP contribution is -2.17. The topological polar surface area (TPSA) is 35.0 Å². The summed E-state index contributed by atoms with van der Waals surface area (Å²) in [5.41, 5.74) is 2.28. The fourth-order valence-electron chi connectivity index (χ4n) is 3.88. The van der Waals surface area contributed by atoms with E-state index in [-0.39, 0.29) is 13.0 Å². The molecule has 1 heterocycles. The van der Waals surface area contributed by atoms with E-state index in [2.05, 4.69) is 29.0 Å². The van der Waals surface area contributed by atoms with Gasteiger partial charge in [0.25, 0.3) is 0 Å². The molecule has 5 heteroatoms. The van der Waals surface area contributed by atoms with E-state index in [0.717, 1.165) is 12.0 Å². The van der Waals surface area contributed by atoms with Gasteiger partial charge in [-0.25, -0.2) is 18.7 Å². The number of nitrogens with zero attached hydrogens (tertiary/aromatic N) is 2. The average Bonchev–Trinajstić information content (AvgIpc) is 2.84. The summed E-state index contributed by atoms with van der Waals surface area (Å²) in [4.78, 5) is 8.66. The summed E-state index contributed by atoms with van der Waals surface area (Å²) in [6.45, 7) is 3.78. The van der Waals surface area contributed by atoms with Gasteiger partial charge in [-0.3, -0.25) is 0 Å². The van der Waals surface area contributed by atoms with Crippen LogP contribution in [-0.4, -0.2) is 28.9 Å². The van der Waals surface area contributed by atoms with Crippen molar-refractivity contribution >= 4 is 0 Å². The molecule has 1 aromatic heterocycles. The first kappa shape index (κ1) is 27.2. The third kappa shape index (κ3) is 11.6. The highest BCUT2D eigenvalue weighted by molar-refractivity contribution is 5.55. The minimum Gasteiger partial charge on any atom is -0.487 e. The monoisotopic (exact) mass is 460 g/mol. The molecule has 0 radical (unpaired) electrons. The number of rotatable bonds is 18. The van der Waals surface area contributed by atoms with Gasteiger partial charge in [-0.2, -0.15) is 0 Å². The minimum atomic E-state index is -1.33. The normalized spacial score (nSPS) is 13.1. The fourth-order valence-corrected chi connectivity index (χ4v) is 3.88. The molecule has 3 nitrogen and oxygen atoms in total. The third-order valence-corrected chi connectivity index (χ3v) is 6.04. The molecule has 0 N–H and O–H groups in total. The molecule has 0 fully saturated rings. The molecule has 184 valence electrons. The number of unbranched alkanes of at least 4 members (excludes halogenated alkanes) is 9. The second-order valence-electron chi connectivity index (χ2n) is 9.02. The Balaban J connectivity index is 1.64. The SMILES string of the molecule is CCCCCCCCCCCCc1ccc(-c2ncc(OCC(F)CC(F)CC)cn2)cc1. The van der Waals surface area contributed by atoms with Gasteiger partial charge in [0, 0.05) is 12.0 Å². The number of halogens is 2. The maximum Gasteiger partial charge on any atom is 0.159 e. The number of hydrogen-bond acceptors (Lipinski definition) is 3. The van der Waals surface area contributed by atoms with Gasteiger partial charge >= 0.3 is 0 Å². The summed E-state index contributed by atoms with van der Waals surface area (Å²) < 4.78 is 32.3. The van der Waals surface area contributed by atoms with E-state index in [1.54, 1.807) is 19.3 Å². The summed E-state index contributed by atoms with van der Waals surface area (Å²) in [5, 5.41) is 0. The third-order valence-electron chi connectivity index (χ3n) is 6.04. The van der Waals surface area contributed by atoms with Crippen molar-refractivity contribution in [2.75, 3.05) is 6.61 Å². The summed E-state index contributed by atoms with van der Waals surface area (Å²) in [5.74, 6) is 1.00. The molecule has 2 aromatic rings. The molecule has 0 bridgehead atoms. The number of alkyl halides is 2. The highest BCUT2D eigenvalue weighted by Crippen LogP contribution is 2.19. The van der Waals surface area contributed by atoms with Crippen LogP contribution in [0.5, 0.6) is 5.75 Å². The van der Waals surface area contributed by atoms with Crippen LogP contribution in [0, 0.1) is 0 Å². The Bertz CT molecular complexity index is 737. The maximum atomic E-state index is 13.7. The summed E-state index contributed by atoms with van der Waals surface area (Å²) >= 11 is 0. The van der Waals surface area contributed by atoms with Crippen LogP contribution in [0.25, 0.3) is 11.4 Å². The molecular formula is C28H42F2N2O. The zero-order valence-electron chi connectivity index (χ0n) is 20.6.